The summed E-state index contributed by atoms with van der Waals surface area (Å²) in [6, 6.07) is 6.59. The number of rotatable bonds is 2. The number of hydrogen-bond acceptors (Lipinski definition) is 2. The maximum Gasteiger partial charge on any atom is 0.128 e. The number of nitriles is 1. The standard InChI is InChI=1S/C12H10FNS/c13-12-9-10(3-1-2-8-15)4-5-11(12)6-7-14/h4-5,9,15H,2,6,8H2. The smallest absolute Gasteiger partial charge is 0.128 e. The van der Waals surface area contributed by atoms with Gasteiger partial charge in [0.25, 0.3) is 0 Å². The van der Waals surface area contributed by atoms with Gasteiger partial charge in [-0.3, -0.25) is 0 Å². The van der Waals surface area contributed by atoms with Gasteiger partial charge in [0.15, 0.2) is 0 Å². The highest BCUT2D eigenvalue weighted by atomic mass is 32.1. The van der Waals surface area contributed by atoms with E-state index in [1.165, 1.54) is 6.07 Å². The van der Waals surface area contributed by atoms with E-state index in [-0.39, 0.29) is 12.2 Å². The van der Waals surface area contributed by atoms with E-state index in [0.29, 0.717) is 23.3 Å². The van der Waals surface area contributed by atoms with Gasteiger partial charge in [-0.05, 0) is 12.1 Å². The average Bonchev–Trinajstić information content (AvgIpc) is 2.23. The Morgan fingerprint density at radius 3 is 2.80 bits per heavy atom. The van der Waals surface area contributed by atoms with Crippen LogP contribution in [0.4, 0.5) is 4.39 Å². The molecule has 3 heteroatoms. The van der Waals surface area contributed by atoms with Gasteiger partial charge in [-0.2, -0.15) is 17.9 Å². The van der Waals surface area contributed by atoms with Gasteiger partial charge in [0.2, 0.25) is 0 Å². The Kier molecular flexibility index (Phi) is 4.74. The summed E-state index contributed by atoms with van der Waals surface area (Å²) in [5, 5.41) is 8.43. The predicted molar refractivity (Wildman–Crippen MR) is 61.1 cm³/mol. The maximum absolute atomic E-state index is 13.3. The van der Waals surface area contributed by atoms with E-state index < -0.39 is 0 Å². The van der Waals surface area contributed by atoms with Crippen molar-refractivity contribution >= 4 is 12.6 Å². The molecule has 0 aromatic heterocycles. The average molecular weight is 219 g/mol. The summed E-state index contributed by atoms with van der Waals surface area (Å²) in [5.41, 5.74) is 1.05. The summed E-state index contributed by atoms with van der Waals surface area (Å²) >= 11 is 4.02. The highest BCUT2D eigenvalue weighted by molar-refractivity contribution is 7.80. The molecule has 0 aliphatic carbocycles. The minimum atomic E-state index is -0.366. The van der Waals surface area contributed by atoms with Crippen molar-refractivity contribution < 1.29 is 4.39 Å². The zero-order chi connectivity index (χ0) is 11.1. The molecule has 0 spiro atoms. The van der Waals surface area contributed by atoms with Crippen molar-refractivity contribution in [2.75, 3.05) is 5.75 Å². The fourth-order valence-corrected chi connectivity index (χ4v) is 1.19. The lowest BCUT2D eigenvalue weighted by atomic mass is 10.1. The van der Waals surface area contributed by atoms with Crippen molar-refractivity contribution in [1.29, 1.82) is 5.26 Å². The minimum absolute atomic E-state index is 0.0934. The van der Waals surface area contributed by atoms with Crippen LogP contribution >= 0.6 is 12.6 Å². The second-order valence-electron chi connectivity index (χ2n) is 2.92. The summed E-state index contributed by atoms with van der Waals surface area (Å²) in [6.07, 6.45) is 0.779. The minimum Gasteiger partial charge on any atom is -0.207 e. The van der Waals surface area contributed by atoms with Gasteiger partial charge in [0, 0.05) is 23.3 Å². The fraction of sp³-hybridized carbons (Fsp3) is 0.250. The Balaban J connectivity index is 2.84. The van der Waals surface area contributed by atoms with Crippen LogP contribution in [0.5, 0.6) is 0 Å². The van der Waals surface area contributed by atoms with Crippen LogP contribution in [0.3, 0.4) is 0 Å². The summed E-state index contributed by atoms with van der Waals surface area (Å²) < 4.78 is 13.3. The van der Waals surface area contributed by atoms with Crippen LogP contribution < -0.4 is 0 Å². The van der Waals surface area contributed by atoms with Gasteiger partial charge in [-0.15, -0.1) is 0 Å². The molecule has 0 bridgehead atoms. The molecule has 0 unspecified atom stereocenters. The summed E-state index contributed by atoms with van der Waals surface area (Å²) in [4.78, 5) is 0. The van der Waals surface area contributed by atoms with Crippen LogP contribution in [0.15, 0.2) is 18.2 Å². The first-order chi connectivity index (χ1) is 7.27. The van der Waals surface area contributed by atoms with Crippen molar-refractivity contribution in [3.8, 4) is 17.9 Å². The predicted octanol–water partition coefficient (Wildman–Crippen LogP) is 2.56. The summed E-state index contributed by atoms with van der Waals surface area (Å²) in [6.45, 7) is 0. The van der Waals surface area contributed by atoms with E-state index >= 15 is 0 Å². The third-order valence-electron chi connectivity index (χ3n) is 1.79. The monoisotopic (exact) mass is 219 g/mol. The Morgan fingerprint density at radius 1 is 1.40 bits per heavy atom. The van der Waals surface area contributed by atoms with E-state index in [2.05, 4.69) is 24.5 Å². The SMILES string of the molecule is N#CCc1ccc(C#CCCS)cc1F. The molecule has 0 heterocycles. The zero-order valence-electron chi connectivity index (χ0n) is 8.13. The van der Waals surface area contributed by atoms with E-state index in [9.17, 15) is 4.39 Å². The maximum atomic E-state index is 13.3. The molecule has 0 amide bonds. The van der Waals surface area contributed by atoms with Crippen LogP contribution in [-0.2, 0) is 6.42 Å². The third kappa shape index (κ3) is 3.65. The number of hydrogen-bond donors (Lipinski definition) is 1. The molecule has 0 radical (unpaired) electrons. The molecule has 1 nitrogen and oxygen atoms in total. The van der Waals surface area contributed by atoms with Gasteiger partial charge in [0.05, 0.1) is 12.5 Å². The Bertz CT molecular complexity index is 437. The molecule has 0 saturated heterocycles. The molecule has 0 fully saturated rings. The number of thiol groups is 1. The highest BCUT2D eigenvalue weighted by Gasteiger charge is 2.01. The lowest BCUT2D eigenvalue weighted by Crippen LogP contribution is -1.89. The van der Waals surface area contributed by atoms with Crippen molar-refractivity contribution in [3.05, 3.63) is 35.1 Å². The summed E-state index contributed by atoms with van der Waals surface area (Å²) in [7, 11) is 0. The van der Waals surface area contributed by atoms with E-state index in [4.69, 9.17) is 5.26 Å². The van der Waals surface area contributed by atoms with Crippen LogP contribution in [0.1, 0.15) is 17.5 Å². The molecule has 0 saturated carbocycles. The first-order valence-electron chi connectivity index (χ1n) is 4.53. The lowest BCUT2D eigenvalue weighted by molar-refractivity contribution is 0.615. The van der Waals surface area contributed by atoms with E-state index in [1.54, 1.807) is 12.1 Å². The third-order valence-corrected chi connectivity index (χ3v) is 2.02. The van der Waals surface area contributed by atoms with Crippen molar-refractivity contribution in [1.82, 2.24) is 0 Å². The second-order valence-corrected chi connectivity index (χ2v) is 3.36. The molecular formula is C12H10FNS. The molecule has 0 N–H and O–H groups in total. The topological polar surface area (TPSA) is 23.8 Å². The summed E-state index contributed by atoms with van der Waals surface area (Å²) in [5.74, 6) is 6.04. The zero-order valence-corrected chi connectivity index (χ0v) is 9.02. The van der Waals surface area contributed by atoms with E-state index in [1.807, 2.05) is 6.07 Å². The number of halogens is 1. The van der Waals surface area contributed by atoms with Crippen molar-refractivity contribution in [3.63, 3.8) is 0 Å². The van der Waals surface area contributed by atoms with Gasteiger partial charge in [0.1, 0.15) is 5.82 Å². The first-order valence-corrected chi connectivity index (χ1v) is 5.16. The Hall–Kier alpha value is -1.45. The Labute approximate surface area is 94.3 Å². The van der Waals surface area contributed by atoms with Crippen LogP contribution in [0.25, 0.3) is 0 Å². The molecular weight excluding hydrogens is 209 g/mol. The van der Waals surface area contributed by atoms with E-state index in [0.717, 1.165) is 0 Å². The normalized spacial score (nSPS) is 8.87. The molecule has 0 aliphatic heterocycles. The molecule has 0 aliphatic rings. The molecule has 1 aromatic rings. The van der Waals surface area contributed by atoms with Crippen molar-refractivity contribution in [2.45, 2.75) is 12.8 Å². The van der Waals surface area contributed by atoms with Gasteiger partial charge >= 0.3 is 0 Å². The Morgan fingerprint density at radius 2 is 2.20 bits per heavy atom. The first kappa shape index (κ1) is 11.6. The number of nitrogens with zero attached hydrogens (tertiary/aromatic N) is 1. The van der Waals surface area contributed by atoms with Crippen molar-refractivity contribution in [2.24, 2.45) is 0 Å². The molecule has 1 aromatic carbocycles. The molecule has 1 rings (SSSR count). The lowest BCUT2D eigenvalue weighted by Gasteiger charge is -1.97. The molecule has 76 valence electrons. The fourth-order valence-electron chi connectivity index (χ4n) is 1.07. The van der Waals surface area contributed by atoms with Gasteiger partial charge in [-0.1, -0.05) is 17.9 Å². The second kappa shape index (κ2) is 6.11. The van der Waals surface area contributed by atoms with Crippen LogP contribution in [0, 0.1) is 29.0 Å². The van der Waals surface area contributed by atoms with Crippen LogP contribution in [-0.4, -0.2) is 5.75 Å². The quantitative estimate of drug-likeness (QED) is 0.600. The number of benzene rings is 1. The van der Waals surface area contributed by atoms with Gasteiger partial charge in [-0.25, -0.2) is 4.39 Å². The molecule has 15 heavy (non-hydrogen) atoms. The molecule has 0 atom stereocenters. The largest absolute Gasteiger partial charge is 0.207 e. The highest BCUT2D eigenvalue weighted by Crippen LogP contribution is 2.10. The van der Waals surface area contributed by atoms with Gasteiger partial charge < -0.3 is 0 Å². The van der Waals surface area contributed by atoms with Crippen LogP contribution in [0.2, 0.25) is 0 Å².